The molecule has 0 aliphatic carbocycles. The number of carbonyl (C=O) groups is 1. The number of anilines is 2. The zero-order valence-electron chi connectivity index (χ0n) is 12.4. The fraction of sp³-hybridized carbons (Fsp3) is 0.250. The largest absolute Gasteiger partial charge is 0.497 e. The fourth-order valence-corrected chi connectivity index (χ4v) is 1.93. The first-order chi connectivity index (χ1) is 10.2. The molecule has 2 N–H and O–H groups in total. The first-order valence-corrected chi connectivity index (χ1v) is 6.80. The molecule has 0 fully saturated rings. The quantitative estimate of drug-likeness (QED) is 0.886. The van der Waals surface area contributed by atoms with E-state index in [0.29, 0.717) is 22.8 Å². The van der Waals surface area contributed by atoms with E-state index in [4.69, 9.17) is 4.74 Å². The Morgan fingerprint density at radius 1 is 1.29 bits per heavy atom. The molecule has 0 bridgehead atoms. The summed E-state index contributed by atoms with van der Waals surface area (Å²) in [6, 6.07) is 10.8. The maximum atomic E-state index is 12.3. The predicted molar refractivity (Wildman–Crippen MR) is 84.1 cm³/mol. The Morgan fingerprint density at radius 2 is 2.10 bits per heavy atom. The van der Waals surface area contributed by atoms with Crippen molar-refractivity contribution in [3.8, 4) is 5.75 Å². The zero-order valence-corrected chi connectivity index (χ0v) is 12.4. The van der Waals surface area contributed by atoms with E-state index in [1.54, 1.807) is 32.4 Å². The SMILES string of the molecule is CCc1cc(C(=O)Nc2cccc(OC)c2)cc(NC)n1. The molecule has 5 nitrogen and oxygen atoms in total. The van der Waals surface area contributed by atoms with Crippen molar-refractivity contribution in [1.82, 2.24) is 4.98 Å². The van der Waals surface area contributed by atoms with Crippen molar-refractivity contribution < 1.29 is 9.53 Å². The van der Waals surface area contributed by atoms with E-state index in [1.807, 2.05) is 25.1 Å². The van der Waals surface area contributed by atoms with E-state index in [2.05, 4.69) is 15.6 Å². The van der Waals surface area contributed by atoms with Crippen LogP contribution in [0.1, 0.15) is 23.0 Å². The van der Waals surface area contributed by atoms with Crippen molar-refractivity contribution in [2.75, 3.05) is 24.8 Å². The van der Waals surface area contributed by atoms with Gasteiger partial charge in [-0.3, -0.25) is 4.79 Å². The van der Waals surface area contributed by atoms with Gasteiger partial charge in [0.1, 0.15) is 11.6 Å². The lowest BCUT2D eigenvalue weighted by atomic mass is 10.1. The second-order valence-corrected chi connectivity index (χ2v) is 4.52. The highest BCUT2D eigenvalue weighted by Crippen LogP contribution is 2.18. The molecule has 1 aromatic carbocycles. The van der Waals surface area contributed by atoms with Crippen LogP contribution in [0.15, 0.2) is 36.4 Å². The number of ether oxygens (including phenoxy) is 1. The van der Waals surface area contributed by atoms with Crippen LogP contribution < -0.4 is 15.4 Å². The summed E-state index contributed by atoms with van der Waals surface area (Å²) in [5.74, 6) is 1.22. The Bertz CT molecular complexity index is 619. The molecule has 0 atom stereocenters. The van der Waals surface area contributed by atoms with Gasteiger partial charge in [-0.15, -0.1) is 0 Å². The Kier molecular flexibility index (Phi) is 4.77. The maximum Gasteiger partial charge on any atom is 0.255 e. The summed E-state index contributed by atoms with van der Waals surface area (Å²) in [6.45, 7) is 2.01. The third kappa shape index (κ3) is 3.72. The molecule has 1 aromatic heterocycles. The summed E-state index contributed by atoms with van der Waals surface area (Å²) >= 11 is 0. The summed E-state index contributed by atoms with van der Waals surface area (Å²) in [6.07, 6.45) is 0.773. The summed E-state index contributed by atoms with van der Waals surface area (Å²) < 4.78 is 5.14. The molecular formula is C16H19N3O2. The molecule has 1 heterocycles. The Hall–Kier alpha value is -2.56. The summed E-state index contributed by atoms with van der Waals surface area (Å²) in [5.41, 5.74) is 2.15. The lowest BCUT2D eigenvalue weighted by Crippen LogP contribution is -2.13. The summed E-state index contributed by atoms with van der Waals surface area (Å²) in [4.78, 5) is 16.7. The van der Waals surface area contributed by atoms with Crippen LogP contribution in [0.5, 0.6) is 5.75 Å². The standard InChI is InChI=1S/C16H19N3O2/c1-4-12-8-11(9-15(17-2)18-12)16(20)19-13-6-5-7-14(10-13)21-3/h5-10H,4H2,1-3H3,(H,17,18)(H,19,20). The molecule has 0 spiro atoms. The number of methoxy groups -OCH3 is 1. The predicted octanol–water partition coefficient (Wildman–Crippen LogP) is 2.95. The van der Waals surface area contributed by atoms with Gasteiger partial charge >= 0.3 is 0 Å². The first kappa shape index (κ1) is 14.8. The van der Waals surface area contributed by atoms with Crippen molar-refractivity contribution in [2.45, 2.75) is 13.3 Å². The smallest absolute Gasteiger partial charge is 0.255 e. The number of nitrogens with one attached hydrogen (secondary N) is 2. The topological polar surface area (TPSA) is 63.2 Å². The normalized spacial score (nSPS) is 10.0. The van der Waals surface area contributed by atoms with Crippen molar-refractivity contribution in [1.29, 1.82) is 0 Å². The number of nitrogens with zero attached hydrogens (tertiary/aromatic N) is 1. The Morgan fingerprint density at radius 3 is 2.76 bits per heavy atom. The third-order valence-corrected chi connectivity index (χ3v) is 3.09. The number of amides is 1. The highest BCUT2D eigenvalue weighted by atomic mass is 16.5. The summed E-state index contributed by atoms with van der Waals surface area (Å²) in [5, 5.41) is 5.83. The van der Waals surface area contributed by atoms with Gasteiger partial charge in [0.2, 0.25) is 0 Å². The van der Waals surface area contributed by atoms with Gasteiger partial charge in [-0.2, -0.15) is 0 Å². The Labute approximate surface area is 124 Å². The molecule has 2 aromatic rings. The number of hydrogen-bond acceptors (Lipinski definition) is 4. The van der Waals surface area contributed by atoms with Gasteiger partial charge in [0, 0.05) is 30.1 Å². The number of pyridine rings is 1. The monoisotopic (exact) mass is 285 g/mol. The average Bonchev–Trinajstić information content (AvgIpc) is 2.54. The lowest BCUT2D eigenvalue weighted by Gasteiger charge is -2.09. The second-order valence-electron chi connectivity index (χ2n) is 4.52. The van der Waals surface area contributed by atoms with Crippen LogP contribution in [0.25, 0.3) is 0 Å². The minimum absolute atomic E-state index is 0.170. The molecule has 0 saturated carbocycles. The van der Waals surface area contributed by atoms with Crippen molar-refractivity contribution in [2.24, 2.45) is 0 Å². The van der Waals surface area contributed by atoms with Gasteiger partial charge in [-0.25, -0.2) is 4.98 Å². The fourth-order valence-electron chi connectivity index (χ4n) is 1.93. The van der Waals surface area contributed by atoms with Crippen LogP contribution in [-0.2, 0) is 6.42 Å². The highest BCUT2D eigenvalue weighted by Gasteiger charge is 2.10. The van der Waals surface area contributed by atoms with E-state index in [1.165, 1.54) is 0 Å². The van der Waals surface area contributed by atoms with Crippen LogP contribution >= 0.6 is 0 Å². The van der Waals surface area contributed by atoms with Gasteiger partial charge in [0.05, 0.1) is 7.11 Å². The molecule has 0 aliphatic heterocycles. The van der Waals surface area contributed by atoms with Gasteiger partial charge in [0.25, 0.3) is 5.91 Å². The van der Waals surface area contributed by atoms with Gasteiger partial charge in [0.15, 0.2) is 0 Å². The molecule has 5 heteroatoms. The number of benzene rings is 1. The molecule has 0 unspecified atom stereocenters. The Balaban J connectivity index is 2.23. The highest BCUT2D eigenvalue weighted by molar-refractivity contribution is 6.04. The van der Waals surface area contributed by atoms with E-state index < -0.39 is 0 Å². The number of carbonyl (C=O) groups excluding carboxylic acids is 1. The van der Waals surface area contributed by atoms with Crippen LogP contribution in [0.3, 0.4) is 0 Å². The molecule has 0 saturated heterocycles. The number of aromatic nitrogens is 1. The minimum Gasteiger partial charge on any atom is -0.497 e. The van der Waals surface area contributed by atoms with Crippen LogP contribution in [-0.4, -0.2) is 25.0 Å². The van der Waals surface area contributed by atoms with Gasteiger partial charge in [-0.1, -0.05) is 13.0 Å². The minimum atomic E-state index is -0.170. The molecule has 0 radical (unpaired) electrons. The molecule has 110 valence electrons. The van der Waals surface area contributed by atoms with E-state index in [9.17, 15) is 4.79 Å². The van der Waals surface area contributed by atoms with Crippen LogP contribution in [0.2, 0.25) is 0 Å². The van der Waals surface area contributed by atoms with Crippen LogP contribution in [0.4, 0.5) is 11.5 Å². The number of hydrogen-bond donors (Lipinski definition) is 2. The van der Waals surface area contributed by atoms with Crippen molar-refractivity contribution in [3.05, 3.63) is 47.7 Å². The second kappa shape index (κ2) is 6.74. The zero-order chi connectivity index (χ0) is 15.2. The van der Waals surface area contributed by atoms with Gasteiger partial charge < -0.3 is 15.4 Å². The van der Waals surface area contributed by atoms with Crippen LogP contribution in [0, 0.1) is 0 Å². The molecule has 2 rings (SSSR count). The average molecular weight is 285 g/mol. The first-order valence-electron chi connectivity index (χ1n) is 6.80. The third-order valence-electron chi connectivity index (χ3n) is 3.09. The van der Waals surface area contributed by atoms with E-state index >= 15 is 0 Å². The summed E-state index contributed by atoms with van der Waals surface area (Å²) in [7, 11) is 3.38. The molecule has 0 aliphatic rings. The molecule has 21 heavy (non-hydrogen) atoms. The van der Waals surface area contributed by atoms with Crippen molar-refractivity contribution >= 4 is 17.4 Å². The molecule has 1 amide bonds. The van der Waals surface area contributed by atoms with Crippen molar-refractivity contribution in [3.63, 3.8) is 0 Å². The van der Waals surface area contributed by atoms with E-state index in [0.717, 1.165) is 12.1 Å². The number of rotatable bonds is 5. The van der Waals surface area contributed by atoms with E-state index in [-0.39, 0.29) is 5.91 Å². The lowest BCUT2D eigenvalue weighted by molar-refractivity contribution is 0.102. The number of aryl methyl sites for hydroxylation is 1. The van der Waals surface area contributed by atoms with Gasteiger partial charge in [-0.05, 0) is 30.7 Å². The molecular weight excluding hydrogens is 266 g/mol. The maximum absolute atomic E-state index is 12.3.